The Balaban J connectivity index is 1.68. The summed E-state index contributed by atoms with van der Waals surface area (Å²) in [6.07, 6.45) is 6.28. The number of rotatable bonds is 5. The average Bonchev–Trinajstić information content (AvgIpc) is 2.39. The summed E-state index contributed by atoms with van der Waals surface area (Å²) >= 11 is 0. The van der Waals surface area contributed by atoms with E-state index in [9.17, 15) is 0 Å². The maximum absolute atomic E-state index is 6.20. The molecule has 1 aromatic carbocycles. The first-order chi connectivity index (χ1) is 8.34. The minimum absolute atomic E-state index is 0.305. The van der Waals surface area contributed by atoms with Crippen molar-refractivity contribution in [1.29, 1.82) is 0 Å². The van der Waals surface area contributed by atoms with Crippen LogP contribution in [0.5, 0.6) is 0 Å². The van der Waals surface area contributed by atoms with Crippen molar-refractivity contribution in [2.45, 2.75) is 38.1 Å². The zero-order valence-corrected chi connectivity index (χ0v) is 10.6. The molecule has 1 atom stereocenters. The van der Waals surface area contributed by atoms with Crippen molar-refractivity contribution in [2.24, 2.45) is 5.73 Å². The molecule has 1 saturated heterocycles. The Morgan fingerprint density at radius 3 is 2.47 bits per heavy atom. The molecule has 2 N–H and O–H groups in total. The topological polar surface area (TPSA) is 29.3 Å². The monoisotopic (exact) mass is 232 g/mol. The van der Waals surface area contributed by atoms with Gasteiger partial charge in [-0.25, -0.2) is 0 Å². The van der Waals surface area contributed by atoms with Gasteiger partial charge in [0.25, 0.3) is 0 Å². The lowest BCUT2D eigenvalue weighted by molar-refractivity contribution is 0.221. The third kappa shape index (κ3) is 4.49. The van der Waals surface area contributed by atoms with Crippen LogP contribution in [-0.4, -0.2) is 30.6 Å². The van der Waals surface area contributed by atoms with Gasteiger partial charge in [0.2, 0.25) is 0 Å². The molecular formula is C15H24N2. The van der Waals surface area contributed by atoms with Crippen LogP contribution in [0.3, 0.4) is 0 Å². The Kier molecular flexibility index (Phi) is 5.02. The van der Waals surface area contributed by atoms with E-state index in [1.807, 2.05) is 0 Å². The van der Waals surface area contributed by atoms with Gasteiger partial charge >= 0.3 is 0 Å². The van der Waals surface area contributed by atoms with Gasteiger partial charge in [-0.05, 0) is 50.9 Å². The largest absolute Gasteiger partial charge is 0.327 e. The lowest BCUT2D eigenvalue weighted by atomic mass is 10.0. The van der Waals surface area contributed by atoms with Crippen molar-refractivity contribution < 1.29 is 0 Å². The van der Waals surface area contributed by atoms with Gasteiger partial charge in [-0.3, -0.25) is 0 Å². The van der Waals surface area contributed by atoms with Gasteiger partial charge in [0, 0.05) is 6.04 Å². The number of hydrogen-bond acceptors (Lipinski definition) is 2. The van der Waals surface area contributed by atoms with E-state index >= 15 is 0 Å². The summed E-state index contributed by atoms with van der Waals surface area (Å²) in [4.78, 5) is 2.56. The summed E-state index contributed by atoms with van der Waals surface area (Å²) in [5.41, 5.74) is 7.56. The number of piperidine rings is 1. The molecule has 2 nitrogen and oxygen atoms in total. The molecule has 94 valence electrons. The van der Waals surface area contributed by atoms with E-state index in [-0.39, 0.29) is 0 Å². The minimum atomic E-state index is 0.305. The Bertz CT molecular complexity index is 304. The maximum atomic E-state index is 6.20. The van der Waals surface area contributed by atoms with Crippen molar-refractivity contribution in [3.8, 4) is 0 Å². The molecule has 1 unspecified atom stereocenters. The number of nitrogens with zero attached hydrogens (tertiary/aromatic N) is 1. The molecule has 0 aliphatic carbocycles. The van der Waals surface area contributed by atoms with Crippen LogP contribution in [0.1, 0.15) is 31.2 Å². The fourth-order valence-electron chi connectivity index (χ4n) is 2.55. The Labute approximate surface area is 105 Å². The highest BCUT2D eigenvalue weighted by Gasteiger charge is 2.11. The Morgan fingerprint density at radius 2 is 1.76 bits per heavy atom. The molecule has 0 radical (unpaired) electrons. The van der Waals surface area contributed by atoms with E-state index in [1.54, 1.807) is 0 Å². The van der Waals surface area contributed by atoms with E-state index in [1.165, 1.54) is 44.5 Å². The lowest BCUT2D eigenvalue weighted by Gasteiger charge is -2.27. The van der Waals surface area contributed by atoms with Gasteiger partial charge < -0.3 is 10.6 Å². The zero-order chi connectivity index (χ0) is 11.9. The molecule has 1 aromatic rings. The van der Waals surface area contributed by atoms with E-state index < -0.39 is 0 Å². The molecule has 1 aliphatic heterocycles. The smallest absolute Gasteiger partial charge is 0.00914 e. The summed E-state index contributed by atoms with van der Waals surface area (Å²) in [5.74, 6) is 0. The van der Waals surface area contributed by atoms with Crippen LogP contribution in [-0.2, 0) is 6.42 Å². The van der Waals surface area contributed by atoms with Crippen molar-refractivity contribution >= 4 is 0 Å². The highest BCUT2D eigenvalue weighted by Crippen LogP contribution is 2.10. The first kappa shape index (κ1) is 12.6. The second-order valence-corrected chi connectivity index (χ2v) is 5.14. The summed E-state index contributed by atoms with van der Waals surface area (Å²) < 4.78 is 0. The second kappa shape index (κ2) is 6.77. The average molecular weight is 232 g/mol. The first-order valence-corrected chi connectivity index (χ1v) is 6.86. The van der Waals surface area contributed by atoms with Gasteiger partial charge in [0.1, 0.15) is 0 Å². The molecule has 0 spiro atoms. The van der Waals surface area contributed by atoms with Crippen LogP contribution in [0.15, 0.2) is 30.3 Å². The van der Waals surface area contributed by atoms with Gasteiger partial charge in [0.15, 0.2) is 0 Å². The van der Waals surface area contributed by atoms with Crippen LogP contribution >= 0.6 is 0 Å². The third-order valence-electron chi connectivity index (χ3n) is 3.61. The third-order valence-corrected chi connectivity index (χ3v) is 3.61. The fraction of sp³-hybridized carbons (Fsp3) is 0.600. The molecule has 1 heterocycles. The molecule has 2 heteroatoms. The summed E-state index contributed by atoms with van der Waals surface area (Å²) in [6, 6.07) is 10.9. The van der Waals surface area contributed by atoms with Crippen LogP contribution < -0.4 is 5.73 Å². The van der Waals surface area contributed by atoms with Gasteiger partial charge in [-0.15, -0.1) is 0 Å². The number of benzene rings is 1. The van der Waals surface area contributed by atoms with Crippen LogP contribution in [0.2, 0.25) is 0 Å². The highest BCUT2D eigenvalue weighted by atomic mass is 15.1. The van der Waals surface area contributed by atoms with Gasteiger partial charge in [-0.1, -0.05) is 36.8 Å². The summed E-state index contributed by atoms with van der Waals surface area (Å²) in [5, 5.41) is 0. The standard InChI is InChI=1S/C15H24N2/c16-15(13-14-7-3-1-4-8-14)9-12-17-10-5-2-6-11-17/h1,3-4,7-8,15H,2,5-6,9-13,16H2. The molecule has 1 fully saturated rings. The summed E-state index contributed by atoms with van der Waals surface area (Å²) in [7, 11) is 0. The molecule has 0 bridgehead atoms. The van der Waals surface area contributed by atoms with Crippen molar-refractivity contribution in [2.75, 3.05) is 19.6 Å². The van der Waals surface area contributed by atoms with Gasteiger partial charge in [0.05, 0.1) is 0 Å². The highest BCUT2D eigenvalue weighted by molar-refractivity contribution is 5.15. The molecular weight excluding hydrogens is 208 g/mol. The maximum Gasteiger partial charge on any atom is 0.00914 e. The number of hydrogen-bond donors (Lipinski definition) is 1. The first-order valence-electron chi connectivity index (χ1n) is 6.86. The molecule has 0 aromatic heterocycles. The lowest BCUT2D eigenvalue weighted by Crippen LogP contribution is -2.35. The molecule has 1 aliphatic rings. The predicted molar refractivity (Wildman–Crippen MR) is 73.0 cm³/mol. The van der Waals surface area contributed by atoms with Crippen LogP contribution in [0.4, 0.5) is 0 Å². The van der Waals surface area contributed by atoms with Crippen molar-refractivity contribution in [3.63, 3.8) is 0 Å². The Hall–Kier alpha value is -0.860. The van der Waals surface area contributed by atoms with Crippen LogP contribution in [0.25, 0.3) is 0 Å². The fourth-order valence-corrected chi connectivity index (χ4v) is 2.55. The molecule has 17 heavy (non-hydrogen) atoms. The van der Waals surface area contributed by atoms with E-state index in [2.05, 4.69) is 35.2 Å². The molecule has 0 amide bonds. The zero-order valence-electron chi connectivity index (χ0n) is 10.6. The SMILES string of the molecule is NC(CCN1CCCCC1)Cc1ccccc1. The van der Waals surface area contributed by atoms with Gasteiger partial charge in [-0.2, -0.15) is 0 Å². The number of nitrogens with two attached hydrogens (primary N) is 1. The van der Waals surface area contributed by atoms with Crippen molar-refractivity contribution in [3.05, 3.63) is 35.9 Å². The van der Waals surface area contributed by atoms with E-state index in [4.69, 9.17) is 5.73 Å². The normalized spacial score (nSPS) is 19.1. The Morgan fingerprint density at radius 1 is 1.06 bits per heavy atom. The van der Waals surface area contributed by atoms with E-state index in [0.29, 0.717) is 6.04 Å². The molecule has 2 rings (SSSR count). The van der Waals surface area contributed by atoms with E-state index in [0.717, 1.165) is 12.8 Å². The predicted octanol–water partition coefficient (Wildman–Crippen LogP) is 2.43. The second-order valence-electron chi connectivity index (χ2n) is 5.14. The minimum Gasteiger partial charge on any atom is -0.327 e. The van der Waals surface area contributed by atoms with Crippen molar-refractivity contribution in [1.82, 2.24) is 4.90 Å². The quantitative estimate of drug-likeness (QED) is 0.845. The summed E-state index contributed by atoms with van der Waals surface area (Å²) in [6.45, 7) is 3.73. The molecule has 0 saturated carbocycles. The number of likely N-dealkylation sites (tertiary alicyclic amines) is 1. The van der Waals surface area contributed by atoms with Crippen LogP contribution in [0, 0.1) is 0 Å².